The first-order valence-corrected chi connectivity index (χ1v) is 4.68. The Kier molecular flexibility index (Phi) is 2.33. The van der Waals surface area contributed by atoms with Crippen LogP contribution in [-0.4, -0.2) is 10.9 Å². The van der Waals surface area contributed by atoms with Crippen LogP contribution in [0.15, 0.2) is 12.1 Å². The first-order chi connectivity index (χ1) is 6.74. The number of aliphatic hydroxyl groups is 1. The second-order valence-corrected chi connectivity index (χ2v) is 3.49. The van der Waals surface area contributed by atoms with Gasteiger partial charge >= 0.3 is 0 Å². The maximum Gasteiger partial charge on any atom is 0.163 e. The molecule has 0 saturated carbocycles. The molecule has 3 heteroatoms. The van der Waals surface area contributed by atoms with Gasteiger partial charge in [0.05, 0.1) is 6.61 Å². The highest BCUT2D eigenvalue weighted by Gasteiger charge is 2.22. The SMILES string of the molecule is O=C1CCCc2c(F)ccc(CO)c21. The van der Waals surface area contributed by atoms with Gasteiger partial charge in [-0.1, -0.05) is 6.07 Å². The van der Waals surface area contributed by atoms with Gasteiger partial charge in [0.25, 0.3) is 0 Å². The minimum absolute atomic E-state index is 0.0465. The van der Waals surface area contributed by atoms with E-state index >= 15 is 0 Å². The van der Waals surface area contributed by atoms with Gasteiger partial charge in [-0.15, -0.1) is 0 Å². The summed E-state index contributed by atoms with van der Waals surface area (Å²) in [4.78, 5) is 11.5. The summed E-state index contributed by atoms with van der Waals surface area (Å²) in [6, 6.07) is 2.81. The minimum atomic E-state index is -0.328. The molecule has 1 aromatic carbocycles. The molecule has 0 bridgehead atoms. The molecule has 1 aliphatic carbocycles. The second kappa shape index (κ2) is 3.50. The molecule has 0 fully saturated rings. The predicted octanol–water partition coefficient (Wildman–Crippen LogP) is 1.84. The molecule has 0 saturated heterocycles. The van der Waals surface area contributed by atoms with Gasteiger partial charge in [-0.05, 0) is 30.0 Å². The summed E-state index contributed by atoms with van der Waals surface area (Å²) >= 11 is 0. The lowest BCUT2D eigenvalue weighted by Gasteiger charge is -2.17. The molecule has 0 aliphatic heterocycles. The number of ketones is 1. The molecule has 0 spiro atoms. The molecule has 1 aromatic rings. The van der Waals surface area contributed by atoms with E-state index in [1.165, 1.54) is 12.1 Å². The highest BCUT2D eigenvalue weighted by Crippen LogP contribution is 2.26. The number of benzene rings is 1. The van der Waals surface area contributed by atoms with E-state index in [1.807, 2.05) is 0 Å². The van der Waals surface area contributed by atoms with E-state index in [0.717, 1.165) is 0 Å². The Morgan fingerprint density at radius 1 is 1.36 bits per heavy atom. The number of halogens is 1. The maximum atomic E-state index is 13.3. The molecule has 2 nitrogen and oxygen atoms in total. The number of carbonyl (C=O) groups excluding carboxylic acids is 1. The standard InChI is InChI=1S/C11H11FO2/c12-9-5-4-7(6-13)11-8(9)2-1-3-10(11)14/h4-5,13H,1-3,6H2. The van der Waals surface area contributed by atoms with Gasteiger partial charge in [-0.3, -0.25) is 4.79 Å². The number of Topliss-reactive ketones (excluding diaryl/α,β-unsaturated/α-hetero) is 1. The number of rotatable bonds is 1. The fourth-order valence-electron chi connectivity index (χ4n) is 1.95. The minimum Gasteiger partial charge on any atom is -0.392 e. The highest BCUT2D eigenvalue weighted by molar-refractivity contribution is 5.99. The molecule has 0 aromatic heterocycles. The van der Waals surface area contributed by atoms with Gasteiger partial charge in [0.1, 0.15) is 5.82 Å². The molecule has 14 heavy (non-hydrogen) atoms. The number of fused-ring (bicyclic) bond motifs is 1. The summed E-state index contributed by atoms with van der Waals surface area (Å²) in [7, 11) is 0. The lowest BCUT2D eigenvalue weighted by Crippen LogP contribution is -2.15. The van der Waals surface area contributed by atoms with Crippen LogP contribution >= 0.6 is 0 Å². The van der Waals surface area contributed by atoms with E-state index < -0.39 is 0 Å². The normalized spacial score (nSPS) is 15.4. The fraction of sp³-hybridized carbons (Fsp3) is 0.364. The largest absolute Gasteiger partial charge is 0.392 e. The average Bonchev–Trinajstić information content (AvgIpc) is 2.20. The van der Waals surface area contributed by atoms with Gasteiger partial charge in [0.15, 0.2) is 5.78 Å². The molecule has 0 heterocycles. The Labute approximate surface area is 81.4 Å². The van der Waals surface area contributed by atoms with Crippen molar-refractivity contribution in [2.75, 3.05) is 0 Å². The van der Waals surface area contributed by atoms with Crippen molar-refractivity contribution in [2.45, 2.75) is 25.9 Å². The maximum absolute atomic E-state index is 13.3. The summed E-state index contributed by atoms with van der Waals surface area (Å²) in [6.07, 6.45) is 1.77. The lowest BCUT2D eigenvalue weighted by molar-refractivity contribution is 0.0968. The Morgan fingerprint density at radius 3 is 2.86 bits per heavy atom. The summed E-state index contributed by atoms with van der Waals surface area (Å²) in [5.41, 5.74) is 1.44. The third-order valence-electron chi connectivity index (χ3n) is 2.62. The molecule has 74 valence electrons. The van der Waals surface area contributed by atoms with Crippen LogP contribution < -0.4 is 0 Å². The van der Waals surface area contributed by atoms with Crippen molar-refractivity contribution < 1.29 is 14.3 Å². The zero-order valence-corrected chi connectivity index (χ0v) is 7.72. The van der Waals surface area contributed by atoms with E-state index in [-0.39, 0.29) is 18.2 Å². The molecule has 0 unspecified atom stereocenters. The van der Waals surface area contributed by atoms with Crippen molar-refractivity contribution in [3.63, 3.8) is 0 Å². The van der Waals surface area contributed by atoms with E-state index in [1.54, 1.807) is 0 Å². The zero-order valence-electron chi connectivity index (χ0n) is 7.72. The molecule has 0 amide bonds. The van der Waals surface area contributed by atoms with Gasteiger partial charge in [-0.25, -0.2) is 4.39 Å². The van der Waals surface area contributed by atoms with E-state index in [0.29, 0.717) is 36.0 Å². The molecule has 1 aliphatic rings. The summed E-state index contributed by atoms with van der Waals surface area (Å²) < 4.78 is 13.3. The lowest BCUT2D eigenvalue weighted by atomic mass is 9.87. The third-order valence-corrected chi connectivity index (χ3v) is 2.62. The number of aliphatic hydroxyl groups excluding tert-OH is 1. The molecule has 0 atom stereocenters. The Hall–Kier alpha value is -1.22. The zero-order chi connectivity index (χ0) is 10.1. The number of carbonyl (C=O) groups is 1. The van der Waals surface area contributed by atoms with Crippen LogP contribution in [0.2, 0.25) is 0 Å². The van der Waals surface area contributed by atoms with Crippen LogP contribution in [0.25, 0.3) is 0 Å². The Bertz CT molecular complexity index is 385. The third kappa shape index (κ3) is 1.34. The van der Waals surface area contributed by atoms with Crippen molar-refractivity contribution in [1.29, 1.82) is 0 Å². The smallest absolute Gasteiger partial charge is 0.163 e. The van der Waals surface area contributed by atoms with Crippen molar-refractivity contribution in [2.24, 2.45) is 0 Å². The van der Waals surface area contributed by atoms with Crippen LogP contribution in [0.3, 0.4) is 0 Å². The Morgan fingerprint density at radius 2 is 2.14 bits per heavy atom. The van der Waals surface area contributed by atoms with Crippen LogP contribution in [0.4, 0.5) is 4.39 Å². The van der Waals surface area contributed by atoms with Crippen LogP contribution in [0.1, 0.15) is 34.3 Å². The quantitative estimate of drug-likeness (QED) is 0.740. The summed E-state index contributed by atoms with van der Waals surface area (Å²) in [5.74, 6) is -0.375. The van der Waals surface area contributed by atoms with Crippen LogP contribution in [0.5, 0.6) is 0 Å². The molecular formula is C11H11FO2. The number of hydrogen-bond donors (Lipinski definition) is 1. The van der Waals surface area contributed by atoms with Crippen molar-refractivity contribution >= 4 is 5.78 Å². The van der Waals surface area contributed by atoms with Gasteiger partial charge < -0.3 is 5.11 Å². The Balaban J connectivity index is 2.64. The topological polar surface area (TPSA) is 37.3 Å². The second-order valence-electron chi connectivity index (χ2n) is 3.49. The summed E-state index contributed by atoms with van der Waals surface area (Å²) in [6.45, 7) is -0.200. The van der Waals surface area contributed by atoms with Gasteiger partial charge in [0, 0.05) is 12.0 Å². The first kappa shape index (κ1) is 9.34. The molecule has 0 radical (unpaired) electrons. The van der Waals surface area contributed by atoms with Crippen LogP contribution in [-0.2, 0) is 13.0 Å². The van der Waals surface area contributed by atoms with E-state index in [4.69, 9.17) is 5.11 Å². The average molecular weight is 194 g/mol. The predicted molar refractivity (Wildman–Crippen MR) is 49.6 cm³/mol. The van der Waals surface area contributed by atoms with E-state index in [9.17, 15) is 9.18 Å². The van der Waals surface area contributed by atoms with Crippen molar-refractivity contribution in [3.8, 4) is 0 Å². The molecule has 2 rings (SSSR count). The molecule has 1 N–H and O–H groups in total. The van der Waals surface area contributed by atoms with Crippen molar-refractivity contribution in [1.82, 2.24) is 0 Å². The number of hydrogen-bond acceptors (Lipinski definition) is 2. The van der Waals surface area contributed by atoms with Crippen molar-refractivity contribution in [3.05, 3.63) is 34.6 Å². The fourth-order valence-corrected chi connectivity index (χ4v) is 1.95. The molecular weight excluding hydrogens is 183 g/mol. The van der Waals surface area contributed by atoms with Gasteiger partial charge in [-0.2, -0.15) is 0 Å². The monoisotopic (exact) mass is 194 g/mol. The van der Waals surface area contributed by atoms with E-state index in [2.05, 4.69) is 0 Å². The summed E-state index contributed by atoms with van der Waals surface area (Å²) in [5, 5.41) is 9.03. The first-order valence-electron chi connectivity index (χ1n) is 4.68. The highest BCUT2D eigenvalue weighted by atomic mass is 19.1. The van der Waals surface area contributed by atoms with Gasteiger partial charge in [0.2, 0.25) is 0 Å². The van der Waals surface area contributed by atoms with Crippen LogP contribution in [0, 0.1) is 5.82 Å².